The zero-order chi connectivity index (χ0) is 16.0. The number of carbonyl (C=O) groups is 1. The third-order valence-corrected chi connectivity index (χ3v) is 4.59. The van der Waals surface area contributed by atoms with E-state index in [4.69, 9.17) is 9.47 Å². The van der Waals surface area contributed by atoms with Crippen molar-refractivity contribution in [3.63, 3.8) is 0 Å². The molecule has 0 saturated heterocycles. The van der Waals surface area contributed by atoms with Gasteiger partial charge < -0.3 is 14.4 Å². The lowest BCUT2D eigenvalue weighted by molar-refractivity contribution is 0.0809. The van der Waals surface area contributed by atoms with E-state index in [1.165, 1.54) is 0 Å². The maximum Gasteiger partial charge on any atom is 0.258 e. The number of rotatable bonds is 2. The molecule has 4 nitrogen and oxygen atoms in total. The number of ether oxygens (including phenoxy) is 2. The van der Waals surface area contributed by atoms with Crippen LogP contribution in [0.15, 0.2) is 42.6 Å². The molecule has 0 bridgehead atoms. The van der Waals surface area contributed by atoms with Crippen molar-refractivity contribution < 1.29 is 14.3 Å². The molecule has 0 spiro atoms. The molecule has 4 heteroatoms. The van der Waals surface area contributed by atoms with Gasteiger partial charge in [0.1, 0.15) is 0 Å². The van der Waals surface area contributed by atoms with E-state index in [1.807, 2.05) is 53.6 Å². The molecule has 1 atom stereocenters. The van der Waals surface area contributed by atoms with Crippen LogP contribution in [0.25, 0.3) is 6.08 Å². The SMILES string of the molecule is COc1cc2c(cc1OC)CC1c3ccccc3C(=O)N1C=C2. The number of fused-ring (bicyclic) bond motifs is 4. The van der Waals surface area contributed by atoms with Gasteiger partial charge in [-0.05, 0) is 47.4 Å². The molecule has 2 aliphatic heterocycles. The molecule has 4 rings (SSSR count). The molecule has 2 heterocycles. The van der Waals surface area contributed by atoms with E-state index < -0.39 is 0 Å². The highest BCUT2D eigenvalue weighted by molar-refractivity contribution is 6.00. The lowest BCUT2D eigenvalue weighted by Gasteiger charge is -2.20. The lowest BCUT2D eigenvalue weighted by atomic mass is 9.95. The molecule has 0 fully saturated rings. The van der Waals surface area contributed by atoms with Crippen LogP contribution in [-0.2, 0) is 6.42 Å². The molecule has 0 aliphatic carbocycles. The van der Waals surface area contributed by atoms with Gasteiger partial charge in [-0.3, -0.25) is 4.79 Å². The number of benzene rings is 2. The average Bonchev–Trinajstić information content (AvgIpc) is 2.74. The molecule has 1 unspecified atom stereocenters. The van der Waals surface area contributed by atoms with Gasteiger partial charge in [0.15, 0.2) is 11.5 Å². The Morgan fingerprint density at radius 1 is 1.09 bits per heavy atom. The van der Waals surface area contributed by atoms with Gasteiger partial charge in [-0.2, -0.15) is 0 Å². The van der Waals surface area contributed by atoms with E-state index in [9.17, 15) is 4.79 Å². The van der Waals surface area contributed by atoms with Crippen molar-refractivity contribution in [2.75, 3.05) is 14.2 Å². The monoisotopic (exact) mass is 307 g/mol. The summed E-state index contributed by atoms with van der Waals surface area (Å²) in [7, 11) is 3.26. The number of amides is 1. The Bertz CT molecular complexity index is 825. The van der Waals surface area contributed by atoms with E-state index in [0.29, 0.717) is 11.5 Å². The summed E-state index contributed by atoms with van der Waals surface area (Å²) >= 11 is 0. The van der Waals surface area contributed by atoms with Gasteiger partial charge in [0, 0.05) is 11.8 Å². The minimum Gasteiger partial charge on any atom is -0.493 e. The summed E-state index contributed by atoms with van der Waals surface area (Å²) in [5, 5.41) is 0. The summed E-state index contributed by atoms with van der Waals surface area (Å²) in [4.78, 5) is 14.4. The molecule has 2 aliphatic rings. The molecule has 0 saturated carbocycles. The maximum atomic E-state index is 12.6. The molecular formula is C19H17NO3. The Kier molecular flexibility index (Phi) is 3.11. The molecule has 0 radical (unpaired) electrons. The molecule has 0 aromatic heterocycles. The first-order chi connectivity index (χ1) is 11.2. The number of hydrogen-bond acceptors (Lipinski definition) is 3. The third-order valence-electron chi connectivity index (χ3n) is 4.59. The zero-order valence-electron chi connectivity index (χ0n) is 13.1. The van der Waals surface area contributed by atoms with Crippen LogP contribution in [0.4, 0.5) is 0 Å². The summed E-state index contributed by atoms with van der Waals surface area (Å²) in [5.74, 6) is 1.48. The highest BCUT2D eigenvalue weighted by Crippen LogP contribution is 2.41. The van der Waals surface area contributed by atoms with Gasteiger partial charge in [0.05, 0.1) is 20.3 Å². The van der Waals surface area contributed by atoms with Crippen molar-refractivity contribution in [1.82, 2.24) is 4.90 Å². The fourth-order valence-electron chi connectivity index (χ4n) is 3.43. The van der Waals surface area contributed by atoms with Crippen LogP contribution in [0.5, 0.6) is 11.5 Å². The van der Waals surface area contributed by atoms with Crippen molar-refractivity contribution in [3.05, 3.63) is 64.9 Å². The highest BCUT2D eigenvalue weighted by atomic mass is 16.5. The van der Waals surface area contributed by atoms with E-state index in [1.54, 1.807) is 14.2 Å². The topological polar surface area (TPSA) is 38.8 Å². The second-order valence-corrected chi connectivity index (χ2v) is 5.74. The maximum absolute atomic E-state index is 12.6. The Morgan fingerprint density at radius 2 is 1.83 bits per heavy atom. The van der Waals surface area contributed by atoms with Crippen molar-refractivity contribution in [2.45, 2.75) is 12.5 Å². The minimum atomic E-state index is 0.0364. The fourth-order valence-corrected chi connectivity index (χ4v) is 3.43. The van der Waals surface area contributed by atoms with Crippen LogP contribution >= 0.6 is 0 Å². The standard InChI is InChI=1S/C19H17NO3/c1-22-17-10-12-7-8-20-16(9-13(12)11-18(17)23-2)14-5-3-4-6-15(14)19(20)21/h3-8,10-11,16H,9H2,1-2H3. The second kappa shape index (κ2) is 5.16. The normalized spacial score (nSPS) is 18.1. The first kappa shape index (κ1) is 13.9. The van der Waals surface area contributed by atoms with Crippen molar-refractivity contribution >= 4 is 12.0 Å². The third kappa shape index (κ3) is 2.02. The van der Waals surface area contributed by atoms with E-state index in [2.05, 4.69) is 0 Å². The molecule has 23 heavy (non-hydrogen) atoms. The summed E-state index contributed by atoms with van der Waals surface area (Å²) < 4.78 is 10.8. The predicted molar refractivity (Wildman–Crippen MR) is 87.6 cm³/mol. The first-order valence-corrected chi connectivity index (χ1v) is 7.57. The Balaban J connectivity index is 1.83. The Hall–Kier alpha value is -2.75. The molecule has 2 aromatic carbocycles. The summed E-state index contributed by atoms with van der Waals surface area (Å²) in [5.41, 5.74) is 4.09. The summed E-state index contributed by atoms with van der Waals surface area (Å²) in [6, 6.07) is 11.8. The smallest absolute Gasteiger partial charge is 0.258 e. The van der Waals surface area contributed by atoms with Crippen molar-refractivity contribution in [1.29, 1.82) is 0 Å². The van der Waals surface area contributed by atoms with E-state index in [0.717, 1.165) is 28.7 Å². The van der Waals surface area contributed by atoms with Gasteiger partial charge in [0.25, 0.3) is 5.91 Å². The van der Waals surface area contributed by atoms with Gasteiger partial charge in [-0.1, -0.05) is 18.2 Å². The quantitative estimate of drug-likeness (QED) is 0.853. The summed E-state index contributed by atoms with van der Waals surface area (Å²) in [6.45, 7) is 0. The number of nitrogens with zero attached hydrogens (tertiary/aromatic N) is 1. The van der Waals surface area contributed by atoms with Crippen LogP contribution in [0.1, 0.15) is 33.1 Å². The van der Waals surface area contributed by atoms with E-state index in [-0.39, 0.29) is 11.9 Å². The van der Waals surface area contributed by atoms with Crippen LogP contribution in [0.3, 0.4) is 0 Å². The molecule has 0 N–H and O–H groups in total. The van der Waals surface area contributed by atoms with Gasteiger partial charge >= 0.3 is 0 Å². The second-order valence-electron chi connectivity index (χ2n) is 5.74. The molecule has 1 amide bonds. The Morgan fingerprint density at radius 3 is 2.61 bits per heavy atom. The lowest BCUT2D eigenvalue weighted by Crippen LogP contribution is -2.22. The number of methoxy groups -OCH3 is 2. The Labute approximate surface area is 134 Å². The number of carbonyl (C=O) groups excluding carboxylic acids is 1. The molecular weight excluding hydrogens is 290 g/mol. The van der Waals surface area contributed by atoms with E-state index >= 15 is 0 Å². The fraction of sp³-hybridized carbons (Fsp3) is 0.211. The zero-order valence-corrected chi connectivity index (χ0v) is 13.1. The predicted octanol–water partition coefficient (Wildman–Crippen LogP) is 3.43. The van der Waals surface area contributed by atoms with Gasteiger partial charge in [-0.15, -0.1) is 0 Å². The highest BCUT2D eigenvalue weighted by Gasteiger charge is 2.36. The van der Waals surface area contributed by atoms with Crippen LogP contribution in [-0.4, -0.2) is 25.0 Å². The largest absolute Gasteiger partial charge is 0.493 e. The average molecular weight is 307 g/mol. The van der Waals surface area contributed by atoms with Crippen LogP contribution < -0.4 is 9.47 Å². The van der Waals surface area contributed by atoms with Crippen molar-refractivity contribution in [2.24, 2.45) is 0 Å². The molecule has 2 aromatic rings. The van der Waals surface area contributed by atoms with Gasteiger partial charge in [0.2, 0.25) is 0 Å². The van der Waals surface area contributed by atoms with Crippen molar-refractivity contribution in [3.8, 4) is 11.5 Å². The minimum absolute atomic E-state index is 0.0364. The first-order valence-electron chi connectivity index (χ1n) is 7.57. The van der Waals surface area contributed by atoms with Crippen LogP contribution in [0.2, 0.25) is 0 Å². The summed E-state index contributed by atoms with van der Waals surface area (Å²) in [6.07, 6.45) is 4.61. The molecule has 116 valence electrons. The number of hydrogen-bond donors (Lipinski definition) is 0. The van der Waals surface area contributed by atoms with Gasteiger partial charge in [-0.25, -0.2) is 0 Å². The van der Waals surface area contributed by atoms with Crippen LogP contribution in [0, 0.1) is 0 Å².